The lowest BCUT2D eigenvalue weighted by Gasteiger charge is -2.19. The molecule has 0 saturated carbocycles. The maximum atomic E-state index is 12.7. The van der Waals surface area contributed by atoms with E-state index >= 15 is 0 Å². The van der Waals surface area contributed by atoms with E-state index in [0.717, 1.165) is 38.1 Å². The molecule has 12 heteroatoms. The average Bonchev–Trinajstić information content (AvgIpc) is 3.22. The molecule has 1 aliphatic rings. The summed E-state index contributed by atoms with van der Waals surface area (Å²) >= 11 is 6.14. The molecule has 3 rings (SSSR count). The van der Waals surface area contributed by atoms with E-state index < -0.39 is 24.3 Å². The van der Waals surface area contributed by atoms with Crippen LogP contribution in [-0.4, -0.2) is 41.8 Å². The molecule has 30 heavy (non-hydrogen) atoms. The van der Waals surface area contributed by atoms with Gasteiger partial charge in [-0.05, 0) is 31.0 Å². The van der Waals surface area contributed by atoms with E-state index in [1.807, 2.05) is 4.90 Å². The van der Waals surface area contributed by atoms with E-state index in [1.165, 1.54) is 18.3 Å². The first-order valence-corrected chi connectivity index (χ1v) is 9.32. The van der Waals surface area contributed by atoms with E-state index in [4.69, 9.17) is 22.1 Å². The second kappa shape index (κ2) is 9.16. The third-order valence-electron chi connectivity index (χ3n) is 4.22. The van der Waals surface area contributed by atoms with Crippen molar-refractivity contribution in [1.29, 1.82) is 0 Å². The number of hydrazone groups is 1. The van der Waals surface area contributed by atoms with Gasteiger partial charge in [-0.15, -0.1) is 0 Å². The first-order valence-electron chi connectivity index (χ1n) is 8.94. The molecule has 0 atom stereocenters. The van der Waals surface area contributed by atoms with E-state index in [0.29, 0.717) is 11.4 Å². The van der Waals surface area contributed by atoms with Crippen molar-refractivity contribution in [2.45, 2.75) is 19.0 Å². The molecule has 1 aromatic heterocycles. The molecule has 1 saturated heterocycles. The SMILES string of the molecule is Nc1nc(Cl)c(/C=N/NC(=O)COc2cccc(C(F)(F)F)c2)c(N2CCCC2)n1. The molecule has 0 unspecified atom stereocenters. The summed E-state index contributed by atoms with van der Waals surface area (Å²) in [6.45, 7) is 1.04. The maximum Gasteiger partial charge on any atom is 0.416 e. The number of carbonyl (C=O) groups is 1. The molecule has 1 aliphatic heterocycles. The highest BCUT2D eigenvalue weighted by molar-refractivity contribution is 6.32. The Balaban J connectivity index is 1.61. The smallest absolute Gasteiger partial charge is 0.416 e. The van der Waals surface area contributed by atoms with Crippen molar-refractivity contribution >= 4 is 35.5 Å². The molecule has 2 aromatic rings. The summed E-state index contributed by atoms with van der Waals surface area (Å²) < 4.78 is 43.2. The van der Waals surface area contributed by atoms with Crippen LogP contribution in [0.4, 0.5) is 24.9 Å². The van der Waals surface area contributed by atoms with Gasteiger partial charge in [0.25, 0.3) is 5.91 Å². The van der Waals surface area contributed by atoms with Crippen LogP contribution in [0.15, 0.2) is 29.4 Å². The van der Waals surface area contributed by atoms with Gasteiger partial charge >= 0.3 is 6.18 Å². The van der Waals surface area contributed by atoms with Crippen LogP contribution < -0.4 is 20.8 Å². The van der Waals surface area contributed by atoms with Gasteiger partial charge < -0.3 is 15.4 Å². The number of nitrogens with one attached hydrogen (secondary N) is 1. The Morgan fingerprint density at radius 3 is 2.77 bits per heavy atom. The molecule has 0 radical (unpaired) electrons. The third-order valence-corrected chi connectivity index (χ3v) is 4.50. The lowest BCUT2D eigenvalue weighted by molar-refractivity contribution is -0.137. The van der Waals surface area contributed by atoms with Crippen LogP contribution in [0.25, 0.3) is 0 Å². The number of nitrogen functional groups attached to an aromatic ring is 1. The standard InChI is InChI=1S/C18H18ClF3N6O2/c19-15-13(16(26-17(23)25-15)28-6-1-2-7-28)9-24-27-14(29)10-30-12-5-3-4-11(8-12)18(20,21)22/h3-5,8-9H,1-2,6-7,10H2,(H,27,29)(H2,23,25,26)/b24-9+. The van der Waals surface area contributed by atoms with Gasteiger partial charge in [0.15, 0.2) is 6.61 Å². The average molecular weight is 443 g/mol. The van der Waals surface area contributed by atoms with Gasteiger partial charge in [0.05, 0.1) is 17.3 Å². The minimum absolute atomic E-state index is 0.0255. The van der Waals surface area contributed by atoms with Crippen molar-refractivity contribution in [2.75, 3.05) is 30.3 Å². The summed E-state index contributed by atoms with van der Waals surface area (Å²) in [6, 6.07) is 4.23. The number of anilines is 2. The Morgan fingerprint density at radius 2 is 2.07 bits per heavy atom. The van der Waals surface area contributed by atoms with Crippen LogP contribution in [0.1, 0.15) is 24.0 Å². The fourth-order valence-electron chi connectivity index (χ4n) is 2.84. The second-order valence-corrected chi connectivity index (χ2v) is 6.77. The van der Waals surface area contributed by atoms with Crippen molar-refractivity contribution in [3.05, 3.63) is 40.5 Å². The molecule has 0 spiro atoms. The Hall–Kier alpha value is -3.08. The van der Waals surface area contributed by atoms with E-state index in [2.05, 4.69) is 20.5 Å². The van der Waals surface area contributed by atoms with E-state index in [9.17, 15) is 18.0 Å². The first-order chi connectivity index (χ1) is 14.2. The zero-order valence-electron chi connectivity index (χ0n) is 15.6. The summed E-state index contributed by atoms with van der Waals surface area (Å²) in [5, 5.41) is 3.90. The number of nitrogens with zero attached hydrogens (tertiary/aromatic N) is 4. The minimum Gasteiger partial charge on any atom is -0.484 e. The second-order valence-electron chi connectivity index (χ2n) is 6.41. The minimum atomic E-state index is -4.50. The number of hydrogen-bond donors (Lipinski definition) is 2. The Bertz CT molecular complexity index is 948. The number of ether oxygens (including phenoxy) is 1. The van der Waals surface area contributed by atoms with Crippen LogP contribution in [0.3, 0.4) is 0 Å². The highest BCUT2D eigenvalue weighted by atomic mass is 35.5. The van der Waals surface area contributed by atoms with Crippen LogP contribution in [0.5, 0.6) is 5.75 Å². The van der Waals surface area contributed by atoms with Crippen molar-refractivity contribution < 1.29 is 22.7 Å². The van der Waals surface area contributed by atoms with Gasteiger partial charge in [0.1, 0.15) is 16.7 Å². The lowest BCUT2D eigenvalue weighted by Crippen LogP contribution is -2.25. The molecule has 1 amide bonds. The third kappa shape index (κ3) is 5.50. The molecule has 1 aromatic carbocycles. The summed E-state index contributed by atoms with van der Waals surface area (Å²) in [5.74, 6) is -0.213. The summed E-state index contributed by atoms with van der Waals surface area (Å²) in [6.07, 6.45) is -1.21. The number of aromatic nitrogens is 2. The maximum absolute atomic E-state index is 12.7. The molecule has 2 heterocycles. The quantitative estimate of drug-likeness (QED) is 0.405. The number of halogens is 4. The van der Waals surface area contributed by atoms with Gasteiger partial charge in [-0.2, -0.15) is 23.3 Å². The lowest BCUT2D eigenvalue weighted by atomic mass is 10.2. The Kier molecular flexibility index (Phi) is 6.60. The molecule has 1 fully saturated rings. The molecule has 3 N–H and O–H groups in total. The van der Waals surface area contributed by atoms with Crippen molar-refractivity contribution in [2.24, 2.45) is 5.10 Å². The van der Waals surface area contributed by atoms with E-state index in [1.54, 1.807) is 0 Å². The fraction of sp³-hybridized carbons (Fsp3) is 0.333. The molecule has 0 aliphatic carbocycles. The summed E-state index contributed by atoms with van der Waals surface area (Å²) in [5.41, 5.74) is 7.42. The van der Waals surface area contributed by atoms with E-state index in [-0.39, 0.29) is 16.9 Å². The molecule has 160 valence electrons. The number of alkyl halides is 3. The first kappa shape index (κ1) is 21.6. The van der Waals surface area contributed by atoms with Crippen LogP contribution in [-0.2, 0) is 11.0 Å². The number of amides is 1. The van der Waals surface area contributed by atoms with Crippen LogP contribution in [0, 0.1) is 0 Å². The Morgan fingerprint density at radius 1 is 1.33 bits per heavy atom. The zero-order valence-corrected chi connectivity index (χ0v) is 16.4. The number of hydrogen-bond acceptors (Lipinski definition) is 7. The number of nitrogens with two attached hydrogens (primary N) is 1. The van der Waals surface area contributed by atoms with Crippen LogP contribution >= 0.6 is 11.6 Å². The predicted octanol–water partition coefficient (Wildman–Crippen LogP) is 2.86. The van der Waals surface area contributed by atoms with Crippen molar-refractivity contribution in [3.63, 3.8) is 0 Å². The number of rotatable bonds is 6. The normalized spacial score (nSPS) is 14.3. The van der Waals surface area contributed by atoms with Gasteiger partial charge in [-0.1, -0.05) is 17.7 Å². The summed E-state index contributed by atoms with van der Waals surface area (Å²) in [7, 11) is 0. The molecule has 8 nitrogen and oxygen atoms in total. The van der Waals surface area contributed by atoms with Crippen molar-refractivity contribution in [1.82, 2.24) is 15.4 Å². The Labute approximate surface area is 174 Å². The summed E-state index contributed by atoms with van der Waals surface area (Å²) in [4.78, 5) is 22.0. The van der Waals surface area contributed by atoms with Gasteiger partial charge in [0.2, 0.25) is 5.95 Å². The van der Waals surface area contributed by atoms with Gasteiger partial charge in [-0.25, -0.2) is 10.4 Å². The number of benzene rings is 1. The molecular weight excluding hydrogens is 425 g/mol. The highest BCUT2D eigenvalue weighted by Crippen LogP contribution is 2.31. The zero-order chi connectivity index (χ0) is 21.7. The largest absolute Gasteiger partial charge is 0.484 e. The van der Waals surface area contributed by atoms with Gasteiger partial charge in [-0.3, -0.25) is 4.79 Å². The predicted molar refractivity (Wildman–Crippen MR) is 106 cm³/mol. The van der Waals surface area contributed by atoms with Crippen LogP contribution in [0.2, 0.25) is 5.15 Å². The highest BCUT2D eigenvalue weighted by Gasteiger charge is 2.30. The monoisotopic (exact) mass is 442 g/mol. The topological polar surface area (TPSA) is 106 Å². The number of carbonyl (C=O) groups excluding carboxylic acids is 1. The fourth-order valence-corrected chi connectivity index (χ4v) is 3.06. The molecule has 0 bridgehead atoms. The molecular formula is C18H18ClF3N6O2. The van der Waals surface area contributed by atoms with Gasteiger partial charge in [0, 0.05) is 13.1 Å². The van der Waals surface area contributed by atoms with Crippen molar-refractivity contribution in [3.8, 4) is 5.75 Å².